The number of methoxy groups -OCH3 is 1. The minimum absolute atomic E-state index is 0.165. The topological polar surface area (TPSA) is 105 Å². The maximum Gasteiger partial charge on any atom is 0.271 e. The van der Waals surface area contributed by atoms with Crippen molar-refractivity contribution in [2.45, 2.75) is 31.6 Å². The van der Waals surface area contributed by atoms with E-state index >= 15 is 4.39 Å². The summed E-state index contributed by atoms with van der Waals surface area (Å²) >= 11 is 0. The molecule has 0 bridgehead atoms. The number of hydrogen-bond donors (Lipinski definition) is 1. The minimum Gasteiger partial charge on any atom is -0.497 e. The number of aromatic nitrogens is 4. The lowest BCUT2D eigenvalue weighted by atomic mass is 10.0. The average molecular weight is 610 g/mol. The first-order valence-corrected chi connectivity index (χ1v) is 14.5. The van der Waals surface area contributed by atoms with Gasteiger partial charge in [0.25, 0.3) is 5.91 Å². The normalized spacial score (nSPS) is 16.8. The number of pyridine rings is 1. The molecule has 4 heterocycles. The molecule has 0 saturated heterocycles. The summed E-state index contributed by atoms with van der Waals surface area (Å²) in [6, 6.07) is 15.9. The highest BCUT2D eigenvalue weighted by atomic mass is 19.1. The van der Waals surface area contributed by atoms with Crippen LogP contribution in [0.25, 0.3) is 16.9 Å². The largest absolute Gasteiger partial charge is 0.497 e. The first kappa shape index (κ1) is 28.4. The van der Waals surface area contributed by atoms with Crippen molar-refractivity contribution in [1.82, 2.24) is 24.9 Å². The van der Waals surface area contributed by atoms with Crippen LogP contribution in [-0.4, -0.2) is 64.7 Å². The van der Waals surface area contributed by atoms with Gasteiger partial charge in [0.05, 0.1) is 25.0 Å². The van der Waals surface area contributed by atoms with Gasteiger partial charge in [0.2, 0.25) is 0 Å². The summed E-state index contributed by atoms with van der Waals surface area (Å²) in [5, 5.41) is 7.58. The second-order valence-electron chi connectivity index (χ2n) is 11.2. The molecule has 1 aliphatic heterocycles. The Kier molecular flexibility index (Phi) is 7.11. The number of nitrogens with zero attached hydrogens (tertiary/aromatic N) is 6. The number of alkyl halides is 1. The standard InChI is InChI=1S/C33H29F2N7O3/c1-40(17-19-6-8-21(45-2)9-7-19)28-14-30(39-42-29(16-37-32(28)42)33(44)38-26-13-24(26)34)41-11-10-22-23(4-3-5-27(22)41)31-25(35)12-20(18-43)15-36-31/h3-9,12,14-16,18,24,26H,10-11,13,17H2,1-2H3,(H,38,44)/t24-,26+/m0/s1. The molecule has 2 aliphatic rings. The Morgan fingerprint density at radius 1 is 1.16 bits per heavy atom. The molecule has 228 valence electrons. The van der Waals surface area contributed by atoms with Crippen LogP contribution < -0.4 is 19.9 Å². The van der Waals surface area contributed by atoms with Gasteiger partial charge in [-0.1, -0.05) is 24.3 Å². The highest BCUT2D eigenvalue weighted by Crippen LogP contribution is 2.41. The second kappa shape index (κ2) is 11.3. The molecule has 5 aromatic rings. The van der Waals surface area contributed by atoms with Crippen molar-refractivity contribution in [3.63, 3.8) is 0 Å². The van der Waals surface area contributed by atoms with Crippen LogP contribution in [0.1, 0.15) is 38.4 Å². The predicted octanol–water partition coefficient (Wildman–Crippen LogP) is 4.92. The number of aldehydes is 1. The fourth-order valence-electron chi connectivity index (χ4n) is 5.76. The second-order valence-corrected chi connectivity index (χ2v) is 11.2. The van der Waals surface area contributed by atoms with E-state index in [9.17, 15) is 14.0 Å². The number of rotatable bonds is 9. The van der Waals surface area contributed by atoms with E-state index in [4.69, 9.17) is 9.84 Å². The number of ether oxygens (including phenoxy) is 1. The molecule has 3 aromatic heterocycles. The Labute approximate surface area is 257 Å². The number of fused-ring (bicyclic) bond motifs is 2. The minimum atomic E-state index is -1.05. The van der Waals surface area contributed by atoms with Gasteiger partial charge in [-0.25, -0.2) is 18.3 Å². The number of imidazole rings is 1. The fourth-order valence-corrected chi connectivity index (χ4v) is 5.76. The van der Waals surface area contributed by atoms with Crippen LogP contribution in [-0.2, 0) is 13.0 Å². The monoisotopic (exact) mass is 609 g/mol. The molecule has 2 aromatic carbocycles. The van der Waals surface area contributed by atoms with Crippen molar-refractivity contribution in [2.75, 3.05) is 30.5 Å². The number of carbonyl (C=O) groups is 2. The third kappa shape index (κ3) is 5.22. The number of anilines is 3. The Hall–Kier alpha value is -5.39. The maximum absolute atomic E-state index is 15.0. The Balaban J connectivity index is 1.30. The van der Waals surface area contributed by atoms with Crippen LogP contribution in [0.3, 0.4) is 0 Å². The maximum atomic E-state index is 15.0. The summed E-state index contributed by atoms with van der Waals surface area (Å²) in [5.74, 6) is 0.285. The van der Waals surface area contributed by atoms with Gasteiger partial charge in [0, 0.05) is 55.6 Å². The summed E-state index contributed by atoms with van der Waals surface area (Å²) in [6.45, 7) is 1.08. The van der Waals surface area contributed by atoms with E-state index in [1.54, 1.807) is 7.11 Å². The molecule has 1 N–H and O–H groups in total. The molecule has 1 amide bonds. The number of hydrogen-bond acceptors (Lipinski definition) is 8. The number of carbonyl (C=O) groups excluding carboxylic acids is 2. The van der Waals surface area contributed by atoms with Crippen LogP contribution >= 0.6 is 0 Å². The molecule has 2 atom stereocenters. The third-order valence-corrected chi connectivity index (χ3v) is 8.24. The summed E-state index contributed by atoms with van der Waals surface area (Å²) in [6.07, 6.45) is 3.21. The summed E-state index contributed by atoms with van der Waals surface area (Å²) in [5.41, 5.74) is 5.12. The van der Waals surface area contributed by atoms with Crippen molar-refractivity contribution >= 4 is 35.0 Å². The van der Waals surface area contributed by atoms with Gasteiger partial charge in [-0.2, -0.15) is 0 Å². The zero-order valence-electron chi connectivity index (χ0n) is 24.6. The third-order valence-electron chi connectivity index (χ3n) is 8.24. The van der Waals surface area contributed by atoms with Crippen molar-refractivity contribution in [3.8, 4) is 17.0 Å². The number of benzene rings is 2. The number of halogens is 2. The van der Waals surface area contributed by atoms with Gasteiger partial charge in [0.15, 0.2) is 23.4 Å². The molecular weight excluding hydrogens is 580 g/mol. The van der Waals surface area contributed by atoms with Crippen molar-refractivity contribution in [2.24, 2.45) is 0 Å². The molecule has 0 unspecified atom stereocenters. The lowest BCUT2D eigenvalue weighted by molar-refractivity contribution is 0.0940. The van der Waals surface area contributed by atoms with Crippen LogP contribution in [0.15, 0.2) is 67.0 Å². The molecule has 7 rings (SSSR count). The summed E-state index contributed by atoms with van der Waals surface area (Å²) in [7, 11) is 3.55. The van der Waals surface area contributed by atoms with Crippen LogP contribution in [0.4, 0.5) is 26.0 Å². The Morgan fingerprint density at radius 2 is 1.96 bits per heavy atom. The quantitative estimate of drug-likeness (QED) is 0.235. The van der Waals surface area contributed by atoms with Gasteiger partial charge in [0.1, 0.15) is 23.4 Å². The SMILES string of the molecule is COc1ccc(CN(C)c2cc(N3CCc4c(-c5ncc(C=O)cc5F)cccc43)nn3c(C(=O)N[C@@H]4C[C@@H]4F)cnc23)cc1. The lowest BCUT2D eigenvalue weighted by Crippen LogP contribution is -2.29. The summed E-state index contributed by atoms with van der Waals surface area (Å²) < 4.78 is 35.4. The van der Waals surface area contributed by atoms with E-state index in [0.29, 0.717) is 42.8 Å². The van der Waals surface area contributed by atoms with E-state index in [0.717, 1.165) is 28.3 Å². The molecule has 1 fully saturated rings. The van der Waals surface area contributed by atoms with E-state index in [-0.39, 0.29) is 23.4 Å². The number of amides is 1. The van der Waals surface area contributed by atoms with E-state index in [1.807, 2.05) is 65.4 Å². The van der Waals surface area contributed by atoms with Crippen LogP contribution in [0.2, 0.25) is 0 Å². The molecule has 1 aliphatic carbocycles. The smallest absolute Gasteiger partial charge is 0.271 e. The molecule has 10 nitrogen and oxygen atoms in total. The fraction of sp³-hybridized carbons (Fsp3) is 0.242. The van der Waals surface area contributed by atoms with E-state index in [1.165, 1.54) is 23.0 Å². The Morgan fingerprint density at radius 3 is 2.67 bits per heavy atom. The highest BCUT2D eigenvalue weighted by Gasteiger charge is 2.39. The van der Waals surface area contributed by atoms with Crippen LogP contribution in [0, 0.1) is 5.82 Å². The van der Waals surface area contributed by atoms with Crippen molar-refractivity contribution < 1.29 is 23.1 Å². The Bertz CT molecular complexity index is 1950. The van der Waals surface area contributed by atoms with Crippen LogP contribution in [0.5, 0.6) is 5.75 Å². The molecular formula is C33H29F2N7O3. The average Bonchev–Trinajstić information content (AvgIpc) is 3.40. The van der Waals surface area contributed by atoms with Gasteiger partial charge < -0.3 is 19.9 Å². The molecule has 0 spiro atoms. The number of nitrogens with one attached hydrogen (secondary N) is 1. The summed E-state index contributed by atoms with van der Waals surface area (Å²) in [4.78, 5) is 37.1. The van der Waals surface area contributed by atoms with E-state index < -0.39 is 23.9 Å². The molecule has 1 saturated carbocycles. The molecule has 45 heavy (non-hydrogen) atoms. The zero-order valence-corrected chi connectivity index (χ0v) is 24.6. The van der Waals surface area contributed by atoms with Crippen molar-refractivity contribution in [3.05, 3.63) is 95.2 Å². The predicted molar refractivity (Wildman–Crippen MR) is 165 cm³/mol. The lowest BCUT2D eigenvalue weighted by Gasteiger charge is -2.24. The van der Waals surface area contributed by atoms with Gasteiger partial charge in [-0.3, -0.25) is 14.6 Å². The molecule has 12 heteroatoms. The van der Waals surface area contributed by atoms with E-state index in [2.05, 4.69) is 15.3 Å². The van der Waals surface area contributed by atoms with Gasteiger partial charge >= 0.3 is 0 Å². The molecule has 0 radical (unpaired) electrons. The highest BCUT2D eigenvalue weighted by molar-refractivity contribution is 5.94. The zero-order chi connectivity index (χ0) is 31.2. The van der Waals surface area contributed by atoms with Gasteiger partial charge in [-0.15, -0.1) is 5.10 Å². The first-order chi connectivity index (χ1) is 21.8. The van der Waals surface area contributed by atoms with Crippen molar-refractivity contribution in [1.29, 1.82) is 0 Å². The van der Waals surface area contributed by atoms with Gasteiger partial charge in [-0.05, 0) is 41.8 Å². The first-order valence-electron chi connectivity index (χ1n) is 14.5.